The molecule has 0 fully saturated rings. The SMILES string of the molecule is FC(F)(F)c1cc(-c2cc3c(cn2)CCCC3)ccn1.N=C/C=C\c1cc(C(N)=O)c[nH]1. The third kappa shape index (κ3) is 5.90. The molecule has 0 unspecified atom stereocenters. The lowest BCUT2D eigenvalue weighted by atomic mass is 9.92. The quantitative estimate of drug-likeness (QED) is 0.505. The Morgan fingerprint density at radius 2 is 1.88 bits per heavy atom. The van der Waals surface area contributed by atoms with Crippen molar-refractivity contribution in [1.82, 2.24) is 15.0 Å². The molecular weight excluding hydrogens is 419 g/mol. The zero-order valence-electron chi connectivity index (χ0n) is 17.1. The van der Waals surface area contributed by atoms with Crippen LogP contribution < -0.4 is 5.73 Å². The van der Waals surface area contributed by atoms with E-state index in [0.717, 1.165) is 43.7 Å². The topological polar surface area (TPSA) is 109 Å². The van der Waals surface area contributed by atoms with E-state index in [0.29, 0.717) is 16.8 Å². The van der Waals surface area contributed by atoms with Crippen LogP contribution in [0.4, 0.5) is 13.2 Å². The number of carbonyl (C=O) groups excluding carboxylic acids is 1. The maximum atomic E-state index is 12.7. The summed E-state index contributed by atoms with van der Waals surface area (Å²) in [7, 11) is 0. The van der Waals surface area contributed by atoms with E-state index in [-0.39, 0.29) is 0 Å². The van der Waals surface area contributed by atoms with Gasteiger partial charge in [0.2, 0.25) is 5.91 Å². The summed E-state index contributed by atoms with van der Waals surface area (Å²) in [6, 6.07) is 6.15. The number of primary amides is 1. The van der Waals surface area contributed by atoms with Gasteiger partial charge >= 0.3 is 6.18 Å². The van der Waals surface area contributed by atoms with Gasteiger partial charge in [-0.2, -0.15) is 13.2 Å². The van der Waals surface area contributed by atoms with E-state index in [4.69, 9.17) is 11.1 Å². The van der Waals surface area contributed by atoms with Gasteiger partial charge in [0.05, 0.1) is 11.3 Å². The molecule has 1 aliphatic rings. The van der Waals surface area contributed by atoms with Gasteiger partial charge in [0.1, 0.15) is 5.69 Å². The van der Waals surface area contributed by atoms with Crippen molar-refractivity contribution in [2.45, 2.75) is 31.9 Å². The number of pyridine rings is 2. The molecule has 166 valence electrons. The molecule has 0 radical (unpaired) electrons. The number of H-pyrrole nitrogens is 1. The second-order valence-electron chi connectivity index (χ2n) is 7.21. The van der Waals surface area contributed by atoms with E-state index in [1.54, 1.807) is 30.5 Å². The lowest BCUT2D eigenvalue weighted by Gasteiger charge is -2.16. The highest BCUT2D eigenvalue weighted by Gasteiger charge is 2.32. The van der Waals surface area contributed by atoms with Gasteiger partial charge in [-0.3, -0.25) is 14.8 Å². The van der Waals surface area contributed by atoms with E-state index >= 15 is 0 Å². The van der Waals surface area contributed by atoms with Crippen LogP contribution in [-0.2, 0) is 19.0 Å². The molecular formula is C23H22F3N5O. The summed E-state index contributed by atoms with van der Waals surface area (Å²) in [5.41, 5.74) is 8.80. The third-order valence-electron chi connectivity index (χ3n) is 4.93. The van der Waals surface area contributed by atoms with Gasteiger partial charge in [-0.1, -0.05) is 0 Å². The number of aromatic nitrogens is 3. The van der Waals surface area contributed by atoms with Crippen LogP contribution in [0, 0.1) is 5.41 Å². The molecule has 0 saturated heterocycles. The number of carbonyl (C=O) groups is 1. The molecule has 1 amide bonds. The van der Waals surface area contributed by atoms with Crippen LogP contribution in [0.3, 0.4) is 0 Å². The average Bonchev–Trinajstić information content (AvgIpc) is 3.27. The molecule has 0 atom stereocenters. The summed E-state index contributed by atoms with van der Waals surface area (Å²) < 4.78 is 38.0. The Balaban J connectivity index is 0.000000207. The molecule has 3 heterocycles. The Morgan fingerprint density at radius 1 is 1.12 bits per heavy atom. The molecule has 32 heavy (non-hydrogen) atoms. The normalized spacial score (nSPS) is 13.2. The minimum Gasteiger partial charge on any atom is -0.366 e. The average molecular weight is 441 g/mol. The lowest BCUT2D eigenvalue weighted by Crippen LogP contribution is -2.09. The van der Waals surface area contributed by atoms with Gasteiger partial charge < -0.3 is 16.1 Å². The van der Waals surface area contributed by atoms with Crippen molar-refractivity contribution in [3.8, 4) is 11.3 Å². The molecule has 4 N–H and O–H groups in total. The number of alkyl halides is 3. The minimum atomic E-state index is -4.43. The van der Waals surface area contributed by atoms with Gasteiger partial charge in [-0.25, -0.2) is 0 Å². The smallest absolute Gasteiger partial charge is 0.366 e. The van der Waals surface area contributed by atoms with Gasteiger partial charge in [0.25, 0.3) is 0 Å². The van der Waals surface area contributed by atoms with Crippen LogP contribution >= 0.6 is 0 Å². The van der Waals surface area contributed by atoms with Gasteiger partial charge in [0, 0.05) is 36.1 Å². The molecule has 0 saturated carbocycles. The van der Waals surface area contributed by atoms with E-state index in [1.807, 2.05) is 6.07 Å². The molecule has 0 spiro atoms. The van der Waals surface area contributed by atoms with Gasteiger partial charge in [-0.05, 0) is 73.2 Å². The first-order valence-electron chi connectivity index (χ1n) is 9.94. The first-order chi connectivity index (χ1) is 15.3. The fourth-order valence-electron chi connectivity index (χ4n) is 3.32. The van der Waals surface area contributed by atoms with Crippen molar-refractivity contribution in [2.75, 3.05) is 0 Å². The molecule has 0 aliphatic heterocycles. The van der Waals surface area contributed by atoms with Gasteiger partial charge in [0.15, 0.2) is 0 Å². The first-order valence-corrected chi connectivity index (χ1v) is 9.94. The molecule has 4 rings (SSSR count). The summed E-state index contributed by atoms with van der Waals surface area (Å²) >= 11 is 0. The predicted octanol–water partition coefficient (Wildman–Crippen LogP) is 4.82. The van der Waals surface area contributed by atoms with Crippen molar-refractivity contribution in [3.05, 3.63) is 77.0 Å². The molecule has 3 aromatic heterocycles. The maximum Gasteiger partial charge on any atom is 0.433 e. The van der Waals surface area contributed by atoms with Gasteiger partial charge in [-0.15, -0.1) is 0 Å². The monoisotopic (exact) mass is 441 g/mol. The van der Waals surface area contributed by atoms with E-state index in [9.17, 15) is 18.0 Å². The Hall–Kier alpha value is -3.75. The predicted molar refractivity (Wildman–Crippen MR) is 116 cm³/mol. The number of aryl methyl sites for hydroxylation is 2. The van der Waals surface area contributed by atoms with Crippen molar-refractivity contribution < 1.29 is 18.0 Å². The van der Waals surface area contributed by atoms with Crippen LogP contribution in [0.15, 0.2) is 48.9 Å². The fraction of sp³-hybridized carbons (Fsp3) is 0.217. The number of amides is 1. The zero-order valence-corrected chi connectivity index (χ0v) is 17.1. The number of nitrogens with zero attached hydrogens (tertiary/aromatic N) is 2. The number of hydrogen-bond acceptors (Lipinski definition) is 4. The maximum absolute atomic E-state index is 12.7. The Bertz CT molecular complexity index is 1130. The lowest BCUT2D eigenvalue weighted by molar-refractivity contribution is -0.141. The molecule has 1 aliphatic carbocycles. The largest absolute Gasteiger partial charge is 0.433 e. The van der Waals surface area contributed by atoms with Crippen LogP contribution in [0.2, 0.25) is 0 Å². The minimum absolute atomic E-state index is 0.444. The van der Waals surface area contributed by atoms with E-state index < -0.39 is 17.8 Å². The molecule has 0 aromatic carbocycles. The molecule has 0 bridgehead atoms. The fourth-order valence-corrected chi connectivity index (χ4v) is 3.32. The highest BCUT2D eigenvalue weighted by molar-refractivity contribution is 5.93. The van der Waals surface area contributed by atoms with Crippen LogP contribution in [0.25, 0.3) is 17.3 Å². The Kier molecular flexibility index (Phi) is 7.19. The third-order valence-corrected chi connectivity index (χ3v) is 4.93. The van der Waals surface area contributed by atoms with Crippen LogP contribution in [0.1, 0.15) is 45.7 Å². The number of rotatable bonds is 4. The number of halogens is 3. The molecule has 6 nitrogen and oxygen atoms in total. The summed E-state index contributed by atoms with van der Waals surface area (Å²) in [6.45, 7) is 0. The molecule has 9 heteroatoms. The number of allylic oxidation sites excluding steroid dienone is 1. The van der Waals surface area contributed by atoms with E-state index in [2.05, 4.69) is 15.0 Å². The summed E-state index contributed by atoms with van der Waals surface area (Å²) in [4.78, 5) is 21.1. The van der Waals surface area contributed by atoms with Crippen molar-refractivity contribution >= 4 is 18.2 Å². The molecule has 3 aromatic rings. The Morgan fingerprint density at radius 3 is 2.53 bits per heavy atom. The highest BCUT2D eigenvalue weighted by Crippen LogP contribution is 2.31. The number of aromatic amines is 1. The summed E-state index contributed by atoms with van der Waals surface area (Å²) in [5.74, 6) is -0.458. The van der Waals surface area contributed by atoms with E-state index in [1.165, 1.54) is 23.5 Å². The first kappa shape index (κ1) is 22.9. The standard InChI is InChI=1S/C15H13F3N2.C8H9N3O/c16-15(17,18)14-8-11(5-6-19-14)13-7-10-3-1-2-4-12(10)9-20-13;9-3-1-2-7-4-6(5-11-7)8(10)12/h5-9H,1-4H2;1-5,9,11H,(H2,10,12)/b;2-1-,9-3?. The van der Waals surface area contributed by atoms with Crippen LogP contribution in [-0.4, -0.2) is 27.1 Å². The number of nitrogens with two attached hydrogens (primary N) is 1. The zero-order chi connectivity index (χ0) is 23.1. The number of nitrogens with one attached hydrogen (secondary N) is 2. The number of hydrogen-bond donors (Lipinski definition) is 3. The second-order valence-corrected chi connectivity index (χ2v) is 7.21. The summed E-state index contributed by atoms with van der Waals surface area (Å²) in [5, 5.41) is 6.73. The second kappa shape index (κ2) is 10.0. The van der Waals surface area contributed by atoms with Crippen molar-refractivity contribution in [2.24, 2.45) is 5.73 Å². The van der Waals surface area contributed by atoms with Crippen LogP contribution in [0.5, 0.6) is 0 Å². The van der Waals surface area contributed by atoms with Crippen molar-refractivity contribution in [3.63, 3.8) is 0 Å². The summed E-state index contributed by atoms with van der Waals surface area (Å²) in [6.07, 6.45) is 8.73. The highest BCUT2D eigenvalue weighted by atomic mass is 19.4. The number of fused-ring (bicyclic) bond motifs is 1. The van der Waals surface area contributed by atoms with Crippen molar-refractivity contribution in [1.29, 1.82) is 5.41 Å². The Labute approximate surface area is 182 Å².